The first-order valence-corrected chi connectivity index (χ1v) is 6.37. The van der Waals surface area contributed by atoms with E-state index in [9.17, 15) is 4.79 Å². The molecule has 100 valence electrons. The van der Waals surface area contributed by atoms with E-state index in [1.165, 1.54) is 7.11 Å². The average molecular weight is 266 g/mol. The minimum atomic E-state index is -0.168. The zero-order chi connectivity index (χ0) is 13.9. The Morgan fingerprint density at radius 3 is 2.75 bits per heavy atom. The van der Waals surface area contributed by atoms with Crippen LogP contribution in [0.25, 0.3) is 10.8 Å². The number of ether oxygens (including phenoxy) is 1. The fraction of sp³-hybridized carbons (Fsp3) is 0.125. The van der Waals surface area contributed by atoms with Crippen molar-refractivity contribution in [2.24, 2.45) is 0 Å². The Balaban J connectivity index is 2.09. The number of nitrogens with one attached hydrogen (secondary N) is 1. The van der Waals surface area contributed by atoms with Crippen LogP contribution in [0.1, 0.15) is 11.3 Å². The molecule has 4 nitrogen and oxygen atoms in total. The maximum atomic E-state index is 12.2. The van der Waals surface area contributed by atoms with Gasteiger partial charge in [-0.05, 0) is 23.1 Å². The lowest BCUT2D eigenvalue weighted by atomic mass is 10.1. The van der Waals surface area contributed by atoms with Crippen LogP contribution in [0.5, 0.6) is 5.88 Å². The van der Waals surface area contributed by atoms with E-state index >= 15 is 0 Å². The number of rotatable bonds is 3. The molecule has 0 saturated carbocycles. The number of nitrogens with zero attached hydrogens (tertiary/aromatic N) is 1. The van der Waals surface area contributed by atoms with Crippen LogP contribution in [-0.2, 0) is 6.42 Å². The molecule has 0 amide bonds. The predicted molar refractivity (Wildman–Crippen MR) is 78.2 cm³/mol. The summed E-state index contributed by atoms with van der Waals surface area (Å²) in [7, 11) is 1.51. The number of hydrogen-bond donors (Lipinski definition) is 1. The molecule has 0 atom stereocenters. The number of methoxy groups -OCH3 is 1. The number of pyridine rings is 2. The SMILES string of the molecule is COc1nccc2cc(Cc3ccccc3)[nH]c(=O)c12. The summed E-state index contributed by atoms with van der Waals surface area (Å²) < 4.78 is 5.14. The maximum absolute atomic E-state index is 12.2. The Labute approximate surface area is 116 Å². The van der Waals surface area contributed by atoms with E-state index in [0.29, 0.717) is 17.7 Å². The molecule has 0 spiro atoms. The number of aromatic nitrogens is 2. The third-order valence-corrected chi connectivity index (χ3v) is 3.21. The molecule has 3 aromatic rings. The lowest BCUT2D eigenvalue weighted by Crippen LogP contribution is -2.11. The van der Waals surface area contributed by atoms with Crippen molar-refractivity contribution >= 4 is 10.8 Å². The average Bonchev–Trinajstić information content (AvgIpc) is 2.47. The largest absolute Gasteiger partial charge is 0.480 e. The van der Waals surface area contributed by atoms with Crippen LogP contribution in [0.2, 0.25) is 0 Å². The minimum absolute atomic E-state index is 0.168. The highest BCUT2D eigenvalue weighted by Crippen LogP contribution is 2.19. The van der Waals surface area contributed by atoms with Crippen LogP contribution in [0.4, 0.5) is 0 Å². The third-order valence-electron chi connectivity index (χ3n) is 3.21. The van der Waals surface area contributed by atoms with Gasteiger partial charge in [0.05, 0.1) is 7.11 Å². The summed E-state index contributed by atoms with van der Waals surface area (Å²) in [5.74, 6) is 0.356. The highest BCUT2D eigenvalue weighted by atomic mass is 16.5. The first kappa shape index (κ1) is 12.4. The summed E-state index contributed by atoms with van der Waals surface area (Å²) in [6, 6.07) is 13.8. The lowest BCUT2D eigenvalue weighted by molar-refractivity contribution is 0.403. The molecular formula is C16H14N2O2. The topological polar surface area (TPSA) is 55.0 Å². The van der Waals surface area contributed by atoms with E-state index in [4.69, 9.17) is 4.74 Å². The lowest BCUT2D eigenvalue weighted by Gasteiger charge is -2.06. The quantitative estimate of drug-likeness (QED) is 0.792. The van der Waals surface area contributed by atoms with Gasteiger partial charge in [-0.1, -0.05) is 30.3 Å². The molecule has 0 bridgehead atoms. The molecule has 0 fully saturated rings. The second kappa shape index (κ2) is 5.17. The second-order valence-electron chi connectivity index (χ2n) is 4.57. The van der Waals surface area contributed by atoms with Crippen molar-refractivity contribution < 1.29 is 4.74 Å². The van der Waals surface area contributed by atoms with E-state index in [1.54, 1.807) is 6.20 Å². The third kappa shape index (κ3) is 2.28. The molecule has 0 aliphatic rings. The molecule has 4 heteroatoms. The van der Waals surface area contributed by atoms with E-state index in [-0.39, 0.29) is 5.56 Å². The van der Waals surface area contributed by atoms with Gasteiger partial charge in [-0.3, -0.25) is 4.79 Å². The first-order valence-electron chi connectivity index (χ1n) is 6.37. The van der Waals surface area contributed by atoms with Gasteiger partial charge in [0, 0.05) is 18.3 Å². The minimum Gasteiger partial charge on any atom is -0.480 e. The molecular weight excluding hydrogens is 252 g/mol. The Bertz CT molecular complexity index is 794. The van der Waals surface area contributed by atoms with Crippen molar-refractivity contribution in [2.45, 2.75) is 6.42 Å². The fourth-order valence-corrected chi connectivity index (χ4v) is 2.30. The van der Waals surface area contributed by atoms with Crippen LogP contribution >= 0.6 is 0 Å². The van der Waals surface area contributed by atoms with Crippen LogP contribution in [-0.4, -0.2) is 17.1 Å². The van der Waals surface area contributed by atoms with Crippen molar-refractivity contribution in [3.05, 3.63) is 70.3 Å². The molecule has 0 radical (unpaired) electrons. The van der Waals surface area contributed by atoms with Crippen LogP contribution in [0, 0.1) is 0 Å². The Morgan fingerprint density at radius 1 is 1.20 bits per heavy atom. The molecule has 2 heterocycles. The number of hydrogen-bond acceptors (Lipinski definition) is 3. The molecule has 0 aliphatic carbocycles. The van der Waals surface area contributed by atoms with Gasteiger partial charge in [0.2, 0.25) is 5.88 Å². The van der Waals surface area contributed by atoms with E-state index < -0.39 is 0 Å². The standard InChI is InChI=1S/C16H14N2O2/c1-20-16-14-12(7-8-17-16)10-13(18-15(14)19)9-11-5-3-2-4-6-11/h2-8,10H,9H2,1H3,(H,18,19). The summed E-state index contributed by atoms with van der Waals surface area (Å²) in [6.07, 6.45) is 2.34. The molecule has 0 saturated heterocycles. The Morgan fingerprint density at radius 2 is 2.00 bits per heavy atom. The fourth-order valence-electron chi connectivity index (χ4n) is 2.30. The molecule has 0 aliphatic heterocycles. The van der Waals surface area contributed by atoms with Gasteiger partial charge in [0.1, 0.15) is 5.39 Å². The molecule has 20 heavy (non-hydrogen) atoms. The van der Waals surface area contributed by atoms with Crippen molar-refractivity contribution in [3.8, 4) is 5.88 Å². The van der Waals surface area contributed by atoms with Crippen molar-refractivity contribution in [2.75, 3.05) is 7.11 Å². The van der Waals surface area contributed by atoms with E-state index in [2.05, 4.69) is 9.97 Å². The summed E-state index contributed by atoms with van der Waals surface area (Å²) >= 11 is 0. The zero-order valence-corrected chi connectivity index (χ0v) is 11.1. The van der Waals surface area contributed by atoms with Gasteiger partial charge in [0.25, 0.3) is 5.56 Å². The van der Waals surface area contributed by atoms with Crippen LogP contribution < -0.4 is 10.3 Å². The Hall–Kier alpha value is -2.62. The van der Waals surface area contributed by atoms with E-state index in [0.717, 1.165) is 16.6 Å². The van der Waals surface area contributed by atoms with Crippen LogP contribution in [0.15, 0.2) is 53.5 Å². The highest BCUT2D eigenvalue weighted by Gasteiger charge is 2.08. The zero-order valence-electron chi connectivity index (χ0n) is 11.1. The summed E-state index contributed by atoms with van der Waals surface area (Å²) in [4.78, 5) is 19.1. The molecule has 0 unspecified atom stereocenters. The smallest absolute Gasteiger partial charge is 0.261 e. The van der Waals surface area contributed by atoms with Crippen molar-refractivity contribution in [3.63, 3.8) is 0 Å². The summed E-state index contributed by atoms with van der Waals surface area (Å²) in [5, 5.41) is 1.33. The van der Waals surface area contributed by atoms with Gasteiger partial charge in [-0.2, -0.15) is 0 Å². The Kier molecular flexibility index (Phi) is 3.21. The summed E-state index contributed by atoms with van der Waals surface area (Å²) in [6.45, 7) is 0. The normalized spacial score (nSPS) is 10.7. The number of fused-ring (bicyclic) bond motifs is 1. The molecule has 1 N–H and O–H groups in total. The van der Waals surface area contributed by atoms with Crippen molar-refractivity contribution in [1.82, 2.24) is 9.97 Å². The monoisotopic (exact) mass is 266 g/mol. The van der Waals surface area contributed by atoms with E-state index in [1.807, 2.05) is 42.5 Å². The number of H-pyrrole nitrogens is 1. The van der Waals surface area contributed by atoms with Gasteiger partial charge in [0.15, 0.2) is 0 Å². The molecule has 2 aromatic heterocycles. The van der Waals surface area contributed by atoms with Crippen molar-refractivity contribution in [1.29, 1.82) is 0 Å². The highest BCUT2D eigenvalue weighted by molar-refractivity contribution is 5.86. The van der Waals surface area contributed by atoms with Gasteiger partial charge in [-0.25, -0.2) is 4.98 Å². The van der Waals surface area contributed by atoms with Gasteiger partial charge < -0.3 is 9.72 Å². The van der Waals surface area contributed by atoms with Gasteiger partial charge in [-0.15, -0.1) is 0 Å². The van der Waals surface area contributed by atoms with Crippen LogP contribution in [0.3, 0.4) is 0 Å². The molecule has 1 aromatic carbocycles. The predicted octanol–water partition coefficient (Wildman–Crippen LogP) is 2.52. The number of aromatic amines is 1. The number of benzene rings is 1. The molecule has 3 rings (SSSR count). The second-order valence-corrected chi connectivity index (χ2v) is 4.57. The van der Waals surface area contributed by atoms with Gasteiger partial charge >= 0.3 is 0 Å². The first-order chi connectivity index (χ1) is 9.78. The summed E-state index contributed by atoms with van der Waals surface area (Å²) in [5.41, 5.74) is 1.86. The maximum Gasteiger partial charge on any atom is 0.261 e.